The van der Waals surface area contributed by atoms with Gasteiger partial charge in [-0.15, -0.1) is 0 Å². The van der Waals surface area contributed by atoms with Gasteiger partial charge in [-0.2, -0.15) is 5.26 Å². The number of ether oxygens (including phenoxy) is 1. The Bertz CT molecular complexity index is 781. The van der Waals surface area contributed by atoms with Gasteiger partial charge in [-0.25, -0.2) is 0 Å². The predicted octanol–water partition coefficient (Wildman–Crippen LogP) is 4.88. The lowest BCUT2D eigenvalue weighted by molar-refractivity contribution is -0.149. The molecule has 0 fully saturated rings. The van der Waals surface area contributed by atoms with E-state index in [-0.39, 0.29) is 0 Å². The first-order chi connectivity index (χ1) is 11.6. The Morgan fingerprint density at radius 3 is 1.92 bits per heavy atom. The third kappa shape index (κ3) is 4.84. The summed E-state index contributed by atoms with van der Waals surface area (Å²) in [7, 11) is 0. The second kappa shape index (κ2) is 6.98. The van der Waals surface area contributed by atoms with Crippen molar-refractivity contribution in [2.75, 3.05) is 0 Å². The minimum Gasteiger partial charge on any atom is -0.488 e. The molecule has 130 valence electrons. The van der Waals surface area contributed by atoms with Crippen LogP contribution in [0.4, 0.5) is 0 Å². The summed E-state index contributed by atoms with van der Waals surface area (Å²) in [4.78, 5) is 11.3. The van der Waals surface area contributed by atoms with Crippen LogP contribution in [-0.2, 0) is 4.79 Å². The summed E-state index contributed by atoms with van der Waals surface area (Å²) < 4.78 is 6.01. The van der Waals surface area contributed by atoms with Crippen LogP contribution >= 0.6 is 0 Å². The molecule has 0 bridgehead atoms. The minimum absolute atomic E-state index is 0.396. The second-order valence-electron chi connectivity index (χ2n) is 7.44. The highest BCUT2D eigenvalue weighted by molar-refractivity contribution is 5.73. The van der Waals surface area contributed by atoms with Gasteiger partial charge < -0.3 is 9.84 Å². The lowest BCUT2D eigenvalue weighted by Gasteiger charge is -2.32. The molecule has 0 spiro atoms. The third-order valence-electron chi connectivity index (χ3n) is 4.04. The molecule has 0 heterocycles. The van der Waals surface area contributed by atoms with E-state index >= 15 is 0 Å². The van der Waals surface area contributed by atoms with E-state index in [0.29, 0.717) is 17.7 Å². The van der Waals surface area contributed by atoms with Crippen molar-refractivity contribution in [3.8, 4) is 22.9 Å². The summed E-state index contributed by atoms with van der Waals surface area (Å²) in [5.74, 6) is -0.135. The second-order valence-corrected chi connectivity index (χ2v) is 7.44. The van der Waals surface area contributed by atoms with Gasteiger partial charge in [-0.05, 0) is 63.1 Å². The molecular formula is C21H23NO3. The topological polar surface area (TPSA) is 70.3 Å². The van der Waals surface area contributed by atoms with E-state index in [9.17, 15) is 9.90 Å². The quantitative estimate of drug-likeness (QED) is 0.815. The fourth-order valence-corrected chi connectivity index (χ4v) is 2.95. The largest absolute Gasteiger partial charge is 0.488 e. The molecule has 0 saturated carbocycles. The van der Waals surface area contributed by atoms with Gasteiger partial charge in [0.1, 0.15) is 11.4 Å². The molecule has 0 aromatic heterocycles. The van der Waals surface area contributed by atoms with E-state index < -0.39 is 17.0 Å². The number of aliphatic carboxylic acids is 1. The van der Waals surface area contributed by atoms with Crippen molar-refractivity contribution in [3.63, 3.8) is 0 Å². The van der Waals surface area contributed by atoms with Gasteiger partial charge in [0, 0.05) is 6.42 Å². The summed E-state index contributed by atoms with van der Waals surface area (Å²) in [5, 5.41) is 18.1. The SMILES string of the molecule is CC(C)(CC(C)(C)C(=O)O)Oc1ccc(-c2ccc(C#N)cc2)cc1. The first kappa shape index (κ1) is 18.5. The monoisotopic (exact) mass is 337 g/mol. The highest BCUT2D eigenvalue weighted by atomic mass is 16.5. The molecule has 0 atom stereocenters. The van der Waals surface area contributed by atoms with Gasteiger partial charge in [-0.3, -0.25) is 4.79 Å². The molecule has 4 heteroatoms. The Balaban J connectivity index is 2.11. The smallest absolute Gasteiger partial charge is 0.309 e. The molecule has 0 unspecified atom stereocenters. The van der Waals surface area contributed by atoms with E-state index in [1.165, 1.54) is 0 Å². The average Bonchev–Trinajstić information content (AvgIpc) is 2.54. The molecule has 0 aliphatic heterocycles. The number of nitriles is 1. The number of rotatable bonds is 6. The van der Waals surface area contributed by atoms with Crippen LogP contribution in [0.5, 0.6) is 5.75 Å². The number of benzene rings is 2. The molecule has 1 N–H and O–H groups in total. The maximum Gasteiger partial charge on any atom is 0.309 e. The zero-order chi connectivity index (χ0) is 18.7. The van der Waals surface area contributed by atoms with Crippen LogP contribution in [-0.4, -0.2) is 16.7 Å². The maximum absolute atomic E-state index is 11.3. The van der Waals surface area contributed by atoms with Crippen LogP contribution in [0.2, 0.25) is 0 Å². The van der Waals surface area contributed by atoms with Gasteiger partial charge in [0.25, 0.3) is 0 Å². The van der Waals surface area contributed by atoms with Crippen LogP contribution in [0.1, 0.15) is 39.7 Å². The molecule has 0 amide bonds. The molecule has 2 aromatic rings. The zero-order valence-electron chi connectivity index (χ0n) is 15.0. The van der Waals surface area contributed by atoms with E-state index in [1.807, 2.05) is 50.2 Å². The summed E-state index contributed by atoms with van der Waals surface area (Å²) in [6, 6.07) is 17.2. The number of hydrogen-bond donors (Lipinski definition) is 1. The maximum atomic E-state index is 11.3. The first-order valence-electron chi connectivity index (χ1n) is 8.16. The minimum atomic E-state index is -0.855. The lowest BCUT2D eigenvalue weighted by atomic mass is 9.82. The van der Waals surface area contributed by atoms with Gasteiger partial charge >= 0.3 is 5.97 Å². The van der Waals surface area contributed by atoms with Crippen molar-refractivity contribution in [3.05, 3.63) is 54.1 Å². The number of nitrogens with zero attached hydrogens (tertiary/aromatic N) is 1. The normalized spacial score (nSPS) is 11.6. The first-order valence-corrected chi connectivity index (χ1v) is 8.16. The Morgan fingerprint density at radius 2 is 1.48 bits per heavy atom. The standard InChI is InChI=1S/C21H23NO3/c1-20(2,19(23)24)14-21(3,4)25-18-11-9-17(10-12-18)16-7-5-15(13-22)6-8-16/h5-12H,14H2,1-4H3,(H,23,24). The zero-order valence-corrected chi connectivity index (χ0v) is 15.0. The van der Waals surface area contributed by atoms with Crippen molar-refractivity contribution >= 4 is 5.97 Å². The number of carboxylic acids is 1. The van der Waals surface area contributed by atoms with Crippen molar-refractivity contribution in [1.82, 2.24) is 0 Å². The fraction of sp³-hybridized carbons (Fsp3) is 0.333. The Morgan fingerprint density at radius 1 is 1.00 bits per heavy atom. The number of carboxylic acid groups (broad SMARTS) is 1. The molecule has 0 saturated heterocycles. The van der Waals surface area contributed by atoms with Gasteiger partial charge in [0.2, 0.25) is 0 Å². The Labute approximate surface area is 148 Å². The highest BCUT2D eigenvalue weighted by Gasteiger charge is 2.36. The van der Waals surface area contributed by atoms with E-state index in [4.69, 9.17) is 10.00 Å². The third-order valence-corrected chi connectivity index (χ3v) is 4.04. The van der Waals surface area contributed by atoms with Crippen molar-refractivity contribution in [2.45, 2.75) is 39.7 Å². The van der Waals surface area contributed by atoms with Crippen LogP contribution in [0.25, 0.3) is 11.1 Å². The molecule has 4 nitrogen and oxygen atoms in total. The van der Waals surface area contributed by atoms with Crippen molar-refractivity contribution < 1.29 is 14.6 Å². The summed E-state index contributed by atoms with van der Waals surface area (Å²) in [6.45, 7) is 7.20. The van der Waals surface area contributed by atoms with Crippen LogP contribution < -0.4 is 4.74 Å². The van der Waals surface area contributed by atoms with E-state index in [2.05, 4.69) is 6.07 Å². The van der Waals surface area contributed by atoms with Gasteiger partial charge in [0.15, 0.2) is 0 Å². The van der Waals surface area contributed by atoms with E-state index in [0.717, 1.165) is 11.1 Å². The molecule has 25 heavy (non-hydrogen) atoms. The molecule has 2 aromatic carbocycles. The Hall–Kier alpha value is -2.80. The molecule has 0 aliphatic rings. The number of carbonyl (C=O) groups is 1. The van der Waals surface area contributed by atoms with Crippen LogP contribution in [0.15, 0.2) is 48.5 Å². The Kier molecular flexibility index (Phi) is 5.18. The molecule has 0 aliphatic carbocycles. The summed E-state index contributed by atoms with van der Waals surface area (Å²) in [6.07, 6.45) is 0.396. The highest BCUT2D eigenvalue weighted by Crippen LogP contribution is 2.32. The van der Waals surface area contributed by atoms with Gasteiger partial charge in [0.05, 0.1) is 17.0 Å². The average molecular weight is 337 g/mol. The van der Waals surface area contributed by atoms with Gasteiger partial charge in [-0.1, -0.05) is 24.3 Å². The molecular weight excluding hydrogens is 314 g/mol. The molecule has 2 rings (SSSR count). The summed E-state index contributed by atoms with van der Waals surface area (Å²) in [5.41, 5.74) is 1.23. The van der Waals surface area contributed by atoms with Crippen molar-refractivity contribution in [2.24, 2.45) is 5.41 Å². The molecule has 0 radical (unpaired) electrons. The predicted molar refractivity (Wildman–Crippen MR) is 97.3 cm³/mol. The lowest BCUT2D eigenvalue weighted by Crippen LogP contribution is -2.38. The number of hydrogen-bond acceptors (Lipinski definition) is 3. The van der Waals surface area contributed by atoms with Crippen LogP contribution in [0.3, 0.4) is 0 Å². The van der Waals surface area contributed by atoms with Crippen LogP contribution in [0, 0.1) is 16.7 Å². The van der Waals surface area contributed by atoms with E-state index in [1.54, 1.807) is 26.0 Å². The van der Waals surface area contributed by atoms with Crippen molar-refractivity contribution in [1.29, 1.82) is 5.26 Å². The summed E-state index contributed by atoms with van der Waals surface area (Å²) >= 11 is 0. The fourth-order valence-electron chi connectivity index (χ4n) is 2.95.